The van der Waals surface area contributed by atoms with E-state index in [1.807, 2.05) is 13.0 Å². The molecular weight excluding hydrogens is 336 g/mol. The summed E-state index contributed by atoms with van der Waals surface area (Å²) in [6.45, 7) is 4.18. The summed E-state index contributed by atoms with van der Waals surface area (Å²) in [5.74, 6) is 0.306. The number of Topliss-reactive ketones (excluding diaryl/α,β-unsaturated/α-hetero) is 1. The van der Waals surface area contributed by atoms with Gasteiger partial charge in [-0.2, -0.15) is 0 Å². The predicted molar refractivity (Wildman–Crippen MR) is 85.8 cm³/mol. The molecule has 0 aliphatic carbocycles. The number of carbonyl (C=O) groups excluding carboxylic acids is 2. The molecule has 1 aromatic carbocycles. The van der Waals surface area contributed by atoms with E-state index in [1.54, 1.807) is 12.1 Å². The lowest BCUT2D eigenvalue weighted by molar-refractivity contribution is -0.121. The Morgan fingerprint density at radius 2 is 2.00 bits per heavy atom. The first-order valence-electron chi connectivity index (χ1n) is 6.92. The quantitative estimate of drug-likeness (QED) is 0.525. The van der Waals surface area contributed by atoms with Crippen molar-refractivity contribution in [3.63, 3.8) is 0 Å². The summed E-state index contributed by atoms with van der Waals surface area (Å²) >= 11 is 3.33. The van der Waals surface area contributed by atoms with E-state index in [4.69, 9.17) is 4.74 Å². The van der Waals surface area contributed by atoms with E-state index in [0.29, 0.717) is 17.9 Å². The normalized spacial score (nSPS) is 10.2. The van der Waals surface area contributed by atoms with Gasteiger partial charge in [-0.1, -0.05) is 22.9 Å². The summed E-state index contributed by atoms with van der Waals surface area (Å²) in [5, 5.41) is 5.88. The molecule has 5 nitrogen and oxygen atoms in total. The highest BCUT2D eigenvalue weighted by atomic mass is 79.9. The van der Waals surface area contributed by atoms with Crippen molar-refractivity contribution in [3.8, 4) is 5.75 Å². The Morgan fingerprint density at radius 3 is 2.67 bits per heavy atom. The summed E-state index contributed by atoms with van der Waals surface area (Å²) in [6, 6.07) is 5.25. The molecule has 0 atom stereocenters. The number of likely N-dealkylation sites (N-methyl/N-ethyl adjacent to an activating group) is 1. The van der Waals surface area contributed by atoms with E-state index in [-0.39, 0.29) is 24.5 Å². The van der Waals surface area contributed by atoms with Crippen LogP contribution in [-0.2, 0) is 4.79 Å². The van der Waals surface area contributed by atoms with Crippen LogP contribution in [0.1, 0.15) is 30.1 Å². The van der Waals surface area contributed by atoms with Crippen LogP contribution >= 0.6 is 15.9 Å². The number of halogens is 1. The van der Waals surface area contributed by atoms with Gasteiger partial charge in [-0.25, -0.2) is 0 Å². The van der Waals surface area contributed by atoms with Crippen LogP contribution in [0.25, 0.3) is 0 Å². The fourth-order valence-electron chi connectivity index (χ4n) is 1.82. The van der Waals surface area contributed by atoms with Gasteiger partial charge in [-0.3, -0.25) is 9.59 Å². The fraction of sp³-hybridized carbons (Fsp3) is 0.467. The molecule has 0 heterocycles. The average molecular weight is 357 g/mol. The van der Waals surface area contributed by atoms with Gasteiger partial charge in [-0.15, -0.1) is 0 Å². The number of nitrogens with one attached hydrogen (secondary N) is 2. The molecule has 0 saturated carbocycles. The van der Waals surface area contributed by atoms with Gasteiger partial charge in [0.25, 0.3) is 0 Å². The van der Waals surface area contributed by atoms with Crippen molar-refractivity contribution in [1.82, 2.24) is 10.6 Å². The molecular formula is C15H21BrN2O3. The number of carbonyl (C=O) groups is 2. The number of amides is 1. The topological polar surface area (TPSA) is 67.4 Å². The van der Waals surface area contributed by atoms with Gasteiger partial charge in [0.2, 0.25) is 5.91 Å². The Hall–Kier alpha value is -1.40. The van der Waals surface area contributed by atoms with Crippen molar-refractivity contribution < 1.29 is 14.3 Å². The summed E-state index contributed by atoms with van der Waals surface area (Å²) in [6.07, 6.45) is 0.348. The lowest BCUT2D eigenvalue weighted by Gasteiger charge is -2.08. The maximum atomic E-state index is 12.2. The van der Waals surface area contributed by atoms with Crippen LogP contribution in [0.2, 0.25) is 0 Å². The minimum absolute atomic E-state index is 0.102. The van der Waals surface area contributed by atoms with E-state index in [9.17, 15) is 9.59 Å². The number of ketones is 1. The van der Waals surface area contributed by atoms with Crippen molar-refractivity contribution in [2.75, 3.05) is 26.7 Å². The van der Waals surface area contributed by atoms with Gasteiger partial charge >= 0.3 is 0 Å². The molecule has 0 aliphatic rings. The van der Waals surface area contributed by atoms with E-state index in [0.717, 1.165) is 17.6 Å². The van der Waals surface area contributed by atoms with Crippen LogP contribution in [0.3, 0.4) is 0 Å². The standard InChI is InChI=1S/C15H21BrN2O3/c1-3-17-8-9-18-15(20)7-5-13(19)12-10-11(16)4-6-14(12)21-2/h4,6,10,17H,3,5,7-9H2,1-2H3,(H,18,20). The second-order valence-electron chi connectivity index (χ2n) is 4.47. The first-order chi connectivity index (χ1) is 10.1. The minimum Gasteiger partial charge on any atom is -0.496 e. The summed E-state index contributed by atoms with van der Waals surface area (Å²) in [7, 11) is 1.52. The molecule has 0 radical (unpaired) electrons. The van der Waals surface area contributed by atoms with Crippen LogP contribution in [0, 0.1) is 0 Å². The highest BCUT2D eigenvalue weighted by Gasteiger charge is 2.14. The van der Waals surface area contributed by atoms with Crippen molar-refractivity contribution in [1.29, 1.82) is 0 Å². The molecule has 0 aliphatic heterocycles. The molecule has 0 spiro atoms. The Labute approximate surface area is 133 Å². The Kier molecular flexibility index (Phi) is 8.00. The Balaban J connectivity index is 2.46. The smallest absolute Gasteiger partial charge is 0.220 e. The molecule has 0 saturated heterocycles. The third kappa shape index (κ3) is 6.27. The number of benzene rings is 1. The second kappa shape index (κ2) is 9.52. The van der Waals surface area contributed by atoms with Crippen LogP contribution < -0.4 is 15.4 Å². The Bertz CT molecular complexity index is 492. The molecule has 0 aromatic heterocycles. The third-order valence-electron chi connectivity index (χ3n) is 2.92. The lowest BCUT2D eigenvalue weighted by Crippen LogP contribution is -2.31. The van der Waals surface area contributed by atoms with Crippen molar-refractivity contribution in [3.05, 3.63) is 28.2 Å². The predicted octanol–water partition coefficient (Wildman–Crippen LogP) is 2.15. The van der Waals surface area contributed by atoms with Crippen LogP contribution in [-0.4, -0.2) is 38.4 Å². The van der Waals surface area contributed by atoms with E-state index in [2.05, 4.69) is 26.6 Å². The highest BCUT2D eigenvalue weighted by Crippen LogP contribution is 2.24. The maximum Gasteiger partial charge on any atom is 0.220 e. The molecule has 1 aromatic rings. The van der Waals surface area contributed by atoms with Gasteiger partial charge in [-0.05, 0) is 24.7 Å². The molecule has 0 unspecified atom stereocenters. The fourth-order valence-corrected chi connectivity index (χ4v) is 2.18. The summed E-state index contributed by atoms with van der Waals surface area (Å²) in [4.78, 5) is 23.8. The SMILES string of the molecule is CCNCCNC(=O)CCC(=O)c1cc(Br)ccc1OC. The third-order valence-corrected chi connectivity index (χ3v) is 3.41. The van der Waals surface area contributed by atoms with Gasteiger partial charge in [0.1, 0.15) is 5.75 Å². The highest BCUT2D eigenvalue weighted by molar-refractivity contribution is 9.10. The monoisotopic (exact) mass is 356 g/mol. The van der Waals surface area contributed by atoms with Gasteiger partial charge < -0.3 is 15.4 Å². The molecule has 21 heavy (non-hydrogen) atoms. The Morgan fingerprint density at radius 1 is 1.24 bits per heavy atom. The number of hydrogen-bond acceptors (Lipinski definition) is 4. The first-order valence-corrected chi connectivity index (χ1v) is 7.72. The maximum absolute atomic E-state index is 12.2. The summed E-state index contributed by atoms with van der Waals surface area (Å²) < 4.78 is 5.98. The van der Waals surface area contributed by atoms with Gasteiger partial charge in [0.15, 0.2) is 5.78 Å². The average Bonchev–Trinajstić information content (AvgIpc) is 2.49. The zero-order chi connectivity index (χ0) is 15.7. The second-order valence-corrected chi connectivity index (χ2v) is 5.39. The van der Waals surface area contributed by atoms with E-state index >= 15 is 0 Å². The lowest BCUT2D eigenvalue weighted by atomic mass is 10.1. The number of methoxy groups -OCH3 is 1. The molecule has 6 heteroatoms. The number of hydrogen-bond donors (Lipinski definition) is 2. The van der Waals surface area contributed by atoms with E-state index in [1.165, 1.54) is 7.11 Å². The van der Waals surface area contributed by atoms with Crippen LogP contribution in [0.5, 0.6) is 5.75 Å². The van der Waals surface area contributed by atoms with Crippen molar-refractivity contribution >= 4 is 27.6 Å². The van der Waals surface area contributed by atoms with Gasteiger partial charge in [0.05, 0.1) is 12.7 Å². The zero-order valence-corrected chi connectivity index (χ0v) is 14.0. The number of rotatable bonds is 9. The molecule has 0 fully saturated rings. The van der Waals surface area contributed by atoms with Gasteiger partial charge in [0, 0.05) is 30.4 Å². The molecule has 1 rings (SSSR count). The van der Waals surface area contributed by atoms with Crippen molar-refractivity contribution in [2.24, 2.45) is 0 Å². The minimum atomic E-state index is -0.116. The van der Waals surface area contributed by atoms with Crippen LogP contribution in [0.4, 0.5) is 0 Å². The van der Waals surface area contributed by atoms with Crippen molar-refractivity contribution in [2.45, 2.75) is 19.8 Å². The zero-order valence-electron chi connectivity index (χ0n) is 12.4. The molecule has 0 bridgehead atoms. The van der Waals surface area contributed by atoms with E-state index < -0.39 is 0 Å². The summed E-state index contributed by atoms with van der Waals surface area (Å²) in [5.41, 5.74) is 0.493. The molecule has 116 valence electrons. The number of ether oxygens (including phenoxy) is 1. The molecule has 2 N–H and O–H groups in total. The van der Waals surface area contributed by atoms with Crippen LogP contribution in [0.15, 0.2) is 22.7 Å². The molecule has 1 amide bonds. The first kappa shape index (κ1) is 17.7. The largest absolute Gasteiger partial charge is 0.496 e.